The molecule has 1 atom stereocenters. The number of hydrogen-bond acceptors (Lipinski definition) is 9. The van der Waals surface area contributed by atoms with Crippen molar-refractivity contribution in [3.8, 4) is 11.3 Å². The van der Waals surface area contributed by atoms with Crippen molar-refractivity contribution in [2.24, 2.45) is 7.05 Å². The Balaban J connectivity index is 1.29. The molecule has 0 bridgehead atoms. The van der Waals surface area contributed by atoms with Gasteiger partial charge in [0.15, 0.2) is 0 Å². The Bertz CT molecular complexity index is 1820. The third-order valence-electron chi connectivity index (χ3n) is 8.11. The highest BCUT2D eigenvalue weighted by Gasteiger charge is 2.40. The van der Waals surface area contributed by atoms with Gasteiger partial charge in [0.2, 0.25) is 5.91 Å². The first-order valence-electron chi connectivity index (χ1n) is 14.4. The van der Waals surface area contributed by atoms with Crippen molar-refractivity contribution in [2.45, 2.75) is 58.3 Å². The predicted molar refractivity (Wildman–Crippen MR) is 160 cm³/mol. The molecule has 0 radical (unpaired) electrons. The van der Waals surface area contributed by atoms with Gasteiger partial charge in [-0.2, -0.15) is 0 Å². The van der Waals surface area contributed by atoms with Crippen LogP contribution in [0.15, 0.2) is 42.9 Å². The maximum absolute atomic E-state index is 13.9. The van der Waals surface area contributed by atoms with Gasteiger partial charge >= 0.3 is 6.09 Å². The van der Waals surface area contributed by atoms with Gasteiger partial charge in [-0.1, -0.05) is 6.07 Å². The maximum Gasteiger partial charge on any atom is 0.417 e. The van der Waals surface area contributed by atoms with Gasteiger partial charge in [-0.3, -0.25) is 19.5 Å². The van der Waals surface area contributed by atoms with Crippen LogP contribution in [0, 0.1) is 0 Å². The smallest absolute Gasteiger partial charge is 0.417 e. The van der Waals surface area contributed by atoms with Crippen molar-refractivity contribution in [3.63, 3.8) is 0 Å². The zero-order valence-corrected chi connectivity index (χ0v) is 24.5. The van der Waals surface area contributed by atoms with Crippen molar-refractivity contribution in [1.29, 1.82) is 0 Å². The number of carbonyl (C=O) groups excluding carboxylic acids is 3. The van der Waals surface area contributed by atoms with Crippen LogP contribution in [-0.2, 0) is 29.7 Å². The number of aryl methyl sites for hydroxylation is 1. The molecule has 0 saturated carbocycles. The number of rotatable bonds is 3. The first-order valence-corrected chi connectivity index (χ1v) is 14.4. The molecule has 2 N–H and O–H groups in total. The van der Waals surface area contributed by atoms with E-state index in [-0.39, 0.29) is 18.5 Å². The lowest BCUT2D eigenvalue weighted by molar-refractivity contribution is -0.120. The molecule has 7 heterocycles. The lowest BCUT2D eigenvalue weighted by Crippen LogP contribution is -2.37. The van der Waals surface area contributed by atoms with E-state index >= 15 is 0 Å². The standard InChI is InChI=1S/C31H32N8O4/c1-31(2,3)43-30(42)39-16-20-24(29(39)41)21(14-33-25(20)18-9-11-32-27-19(18)10-13-37(27)4)34-23-8-7-17-15-38-12-5-6-22(38)28(40)36-26(17)35-23/h7-11,13-14,22H,5-6,12,15-16H2,1-4H3,(H2,34,35,36,40)/t22-/m0/s1. The van der Waals surface area contributed by atoms with Gasteiger partial charge in [-0.25, -0.2) is 19.7 Å². The maximum atomic E-state index is 13.9. The summed E-state index contributed by atoms with van der Waals surface area (Å²) in [5, 5.41) is 7.11. The second-order valence-corrected chi connectivity index (χ2v) is 12.2. The van der Waals surface area contributed by atoms with Crippen LogP contribution in [0.1, 0.15) is 55.1 Å². The molecular formula is C31H32N8O4. The van der Waals surface area contributed by atoms with E-state index in [1.54, 1.807) is 33.2 Å². The van der Waals surface area contributed by atoms with Crippen LogP contribution in [0.5, 0.6) is 0 Å². The number of carbonyl (C=O) groups is 3. The first kappa shape index (κ1) is 27.0. The molecule has 1 fully saturated rings. The average molecular weight is 581 g/mol. The molecule has 3 aliphatic rings. The number of ether oxygens (including phenoxy) is 1. The molecule has 4 aromatic rings. The summed E-state index contributed by atoms with van der Waals surface area (Å²) in [5.74, 6) is 0.393. The van der Waals surface area contributed by atoms with Gasteiger partial charge < -0.3 is 19.9 Å². The molecule has 0 spiro atoms. The molecule has 3 amide bonds. The Morgan fingerprint density at radius 1 is 1.12 bits per heavy atom. The van der Waals surface area contributed by atoms with Gasteiger partial charge in [0, 0.05) is 48.1 Å². The molecule has 0 aliphatic carbocycles. The molecule has 12 nitrogen and oxygen atoms in total. The quantitative estimate of drug-likeness (QED) is 0.357. The highest BCUT2D eigenvalue weighted by molar-refractivity contribution is 6.12. The minimum atomic E-state index is -0.777. The lowest BCUT2D eigenvalue weighted by Gasteiger charge is -2.23. The number of anilines is 3. The Morgan fingerprint density at radius 2 is 1.95 bits per heavy atom. The van der Waals surface area contributed by atoms with Crippen molar-refractivity contribution in [2.75, 3.05) is 17.2 Å². The first-order chi connectivity index (χ1) is 20.6. The minimum Gasteiger partial charge on any atom is -0.443 e. The van der Waals surface area contributed by atoms with E-state index < -0.39 is 17.6 Å². The van der Waals surface area contributed by atoms with Crippen molar-refractivity contribution >= 4 is 46.3 Å². The van der Waals surface area contributed by atoms with Crippen molar-refractivity contribution < 1.29 is 19.1 Å². The number of amides is 3. The molecular weight excluding hydrogens is 548 g/mol. The van der Waals surface area contributed by atoms with Gasteiger partial charge in [-0.15, -0.1) is 0 Å². The zero-order chi connectivity index (χ0) is 30.0. The van der Waals surface area contributed by atoms with E-state index in [9.17, 15) is 14.4 Å². The van der Waals surface area contributed by atoms with Gasteiger partial charge in [-0.05, 0) is 58.4 Å². The Kier molecular flexibility index (Phi) is 6.20. The third kappa shape index (κ3) is 4.67. The number of pyridine rings is 3. The molecule has 12 heteroatoms. The summed E-state index contributed by atoms with van der Waals surface area (Å²) in [4.78, 5) is 57.2. The van der Waals surface area contributed by atoms with E-state index in [1.807, 2.05) is 42.1 Å². The molecule has 4 aromatic heterocycles. The molecule has 0 aromatic carbocycles. The second kappa shape index (κ2) is 9.87. The summed E-state index contributed by atoms with van der Waals surface area (Å²) in [6, 6.07) is 7.43. The number of fused-ring (bicyclic) bond motifs is 4. The van der Waals surface area contributed by atoms with Gasteiger partial charge in [0.05, 0.1) is 35.7 Å². The van der Waals surface area contributed by atoms with Crippen molar-refractivity contribution in [1.82, 2.24) is 29.3 Å². The van der Waals surface area contributed by atoms with Crippen LogP contribution in [0.3, 0.4) is 0 Å². The molecule has 0 unspecified atom stereocenters. The number of hydrogen-bond donors (Lipinski definition) is 2. The van der Waals surface area contributed by atoms with Crippen LogP contribution in [-0.4, -0.2) is 65.4 Å². The second-order valence-electron chi connectivity index (χ2n) is 12.2. The fourth-order valence-electron chi connectivity index (χ4n) is 6.14. The monoisotopic (exact) mass is 580 g/mol. The van der Waals surface area contributed by atoms with Crippen molar-refractivity contribution in [3.05, 3.63) is 59.5 Å². The molecule has 3 aliphatic heterocycles. The van der Waals surface area contributed by atoms with Crippen LogP contribution in [0.2, 0.25) is 0 Å². The fraction of sp³-hybridized carbons (Fsp3) is 0.355. The fourth-order valence-corrected chi connectivity index (χ4v) is 6.14. The number of nitrogens with zero attached hydrogens (tertiary/aromatic N) is 6. The molecule has 1 saturated heterocycles. The van der Waals surface area contributed by atoms with Crippen LogP contribution in [0.4, 0.5) is 22.1 Å². The van der Waals surface area contributed by atoms with Gasteiger partial charge in [0.25, 0.3) is 5.91 Å². The lowest BCUT2D eigenvalue weighted by atomic mass is 10.0. The summed E-state index contributed by atoms with van der Waals surface area (Å²) in [7, 11) is 1.91. The average Bonchev–Trinajstić information content (AvgIpc) is 3.65. The van der Waals surface area contributed by atoms with E-state index in [0.29, 0.717) is 40.7 Å². The number of nitrogens with one attached hydrogen (secondary N) is 2. The summed E-state index contributed by atoms with van der Waals surface area (Å²) < 4.78 is 7.49. The largest absolute Gasteiger partial charge is 0.443 e. The Morgan fingerprint density at radius 3 is 2.77 bits per heavy atom. The van der Waals surface area contributed by atoms with Crippen LogP contribution < -0.4 is 10.6 Å². The van der Waals surface area contributed by atoms with Crippen LogP contribution >= 0.6 is 0 Å². The number of aromatic nitrogens is 4. The normalized spacial score (nSPS) is 18.2. The van der Waals surface area contributed by atoms with E-state index in [0.717, 1.165) is 46.4 Å². The highest BCUT2D eigenvalue weighted by atomic mass is 16.6. The predicted octanol–water partition coefficient (Wildman–Crippen LogP) is 4.58. The van der Waals surface area contributed by atoms with E-state index in [1.165, 1.54) is 0 Å². The zero-order valence-electron chi connectivity index (χ0n) is 24.5. The molecule has 7 rings (SSSR count). The highest BCUT2D eigenvalue weighted by Crippen LogP contribution is 2.39. The minimum absolute atomic E-state index is 0.00246. The number of imide groups is 1. The van der Waals surface area contributed by atoms with Gasteiger partial charge in [0.1, 0.15) is 22.9 Å². The summed E-state index contributed by atoms with van der Waals surface area (Å²) >= 11 is 0. The Hall–Kier alpha value is -4.84. The summed E-state index contributed by atoms with van der Waals surface area (Å²) in [6.07, 6.45) is 6.32. The summed E-state index contributed by atoms with van der Waals surface area (Å²) in [6.45, 7) is 6.80. The van der Waals surface area contributed by atoms with Crippen LogP contribution in [0.25, 0.3) is 22.3 Å². The SMILES string of the molecule is Cn1ccc2c(-c3ncc(Nc4ccc5c(n4)NC(=O)[C@@H]4CCCN4C5)c4c3CN(C(=O)OC(C)(C)C)C4=O)ccnc21. The topological polar surface area (TPSA) is 135 Å². The Labute approximate surface area is 248 Å². The summed E-state index contributed by atoms with van der Waals surface area (Å²) in [5.41, 5.74) is 3.64. The third-order valence-corrected chi connectivity index (χ3v) is 8.11. The molecule has 43 heavy (non-hydrogen) atoms. The molecule has 220 valence electrons. The van der Waals surface area contributed by atoms with E-state index in [4.69, 9.17) is 14.7 Å². The van der Waals surface area contributed by atoms with E-state index in [2.05, 4.69) is 20.5 Å².